The molecule has 0 atom stereocenters. The number of nitrogens with zero attached hydrogens (tertiary/aromatic N) is 8. The van der Waals surface area contributed by atoms with Crippen molar-refractivity contribution in [3.05, 3.63) is 265 Å². The molecule has 26 rings (SSSR count). The molecule has 10 aromatic rings. The SMILES string of the molecule is c1cc2ccc1Cn1cc[n+](c1)Cc1ccc(cc1)Oc1ccc(cc1)C[n+]1ccn(c1)Cc1ccc(cc1)Cn1cc[n+](c1)Cc1ccc(cc1)Oc1ccc(cc1)C[n+]1ccn(c1)C2. The molecule has 16 aliphatic heterocycles. The zero-order chi connectivity index (χ0) is 44.1. The van der Waals surface area contributed by atoms with Crippen LogP contribution in [0.4, 0.5) is 0 Å². The summed E-state index contributed by atoms with van der Waals surface area (Å²) in [5, 5.41) is 0. The van der Waals surface area contributed by atoms with Crippen molar-refractivity contribution in [1.29, 1.82) is 0 Å². The van der Waals surface area contributed by atoms with Gasteiger partial charge in [0.1, 0.15) is 125 Å². The normalized spacial score (nSPS) is 13.2. The van der Waals surface area contributed by atoms with Gasteiger partial charge in [0, 0.05) is 0 Å². The highest BCUT2D eigenvalue weighted by molar-refractivity contribution is 5.36. The van der Waals surface area contributed by atoms with E-state index in [1.807, 2.05) is 48.5 Å². The second kappa shape index (κ2) is 18.5. The number of hydrogen-bond donors (Lipinski definition) is 0. The van der Waals surface area contributed by atoms with Crippen molar-refractivity contribution in [2.75, 3.05) is 0 Å². The molecule has 0 radical (unpaired) electrons. The molecule has 0 unspecified atom stereocenters. The Morgan fingerprint density at radius 3 is 0.667 bits per heavy atom. The maximum absolute atomic E-state index is 6.23. The summed E-state index contributed by atoms with van der Waals surface area (Å²) >= 11 is 0. The van der Waals surface area contributed by atoms with Crippen LogP contribution >= 0.6 is 0 Å². The van der Waals surface area contributed by atoms with Gasteiger partial charge in [0.25, 0.3) is 0 Å². The maximum atomic E-state index is 6.23. The van der Waals surface area contributed by atoms with Crippen LogP contribution < -0.4 is 27.7 Å². The minimum absolute atomic E-state index is 0.785. The molecule has 20 heterocycles. The Balaban J connectivity index is 0.774. The zero-order valence-corrected chi connectivity index (χ0v) is 36.8. The summed E-state index contributed by atoms with van der Waals surface area (Å²) in [7, 11) is 0. The van der Waals surface area contributed by atoms with Crippen molar-refractivity contribution < 1.29 is 27.7 Å². The number of imidazole rings is 4. The molecule has 0 saturated carbocycles. The predicted molar refractivity (Wildman–Crippen MR) is 250 cm³/mol. The molecule has 66 heavy (non-hydrogen) atoms. The standard InChI is InChI=1S/C56H52N8O2/c1-2-46-4-3-45(1)33-57-25-29-61(41-57)37-49-9-17-53(18-10-49)65-55-21-13-51(14-22-55)39-63-31-27-59(43-63)35-47-5-7-48(8-6-47)36-60-28-32-64(44-60)40-52-15-23-56(24-16-52)66-54-19-11-50(12-20-54)38-62-30-26-58(34-46)42-62/h1-32,41-44H,33-40H2/q+4. The van der Waals surface area contributed by atoms with Crippen LogP contribution in [0.15, 0.2) is 220 Å². The molecule has 10 nitrogen and oxygen atoms in total. The highest BCUT2D eigenvalue weighted by Gasteiger charge is 2.13. The highest BCUT2D eigenvalue weighted by Crippen LogP contribution is 2.24. The third-order valence-corrected chi connectivity index (χ3v) is 12.1. The second-order valence-corrected chi connectivity index (χ2v) is 17.4. The number of benzene rings is 6. The van der Waals surface area contributed by atoms with Gasteiger partial charge in [-0.15, -0.1) is 0 Å². The van der Waals surface area contributed by atoms with E-state index in [9.17, 15) is 0 Å². The average Bonchev–Trinajstić information content (AvgIpc) is 4.18. The largest absolute Gasteiger partial charge is 0.457 e. The summed E-state index contributed by atoms with van der Waals surface area (Å²) in [6.45, 7) is 6.39. The van der Waals surface area contributed by atoms with Crippen molar-refractivity contribution in [3.63, 3.8) is 0 Å². The van der Waals surface area contributed by atoms with Crippen LogP contribution in [0.3, 0.4) is 0 Å². The molecule has 16 aliphatic rings. The van der Waals surface area contributed by atoms with E-state index in [1.165, 1.54) is 44.5 Å². The molecule has 0 fully saturated rings. The first kappa shape index (κ1) is 40.5. The number of hydrogen-bond acceptors (Lipinski definition) is 2. The maximum Gasteiger partial charge on any atom is 0.244 e. The van der Waals surface area contributed by atoms with E-state index in [2.05, 4.69) is 208 Å². The van der Waals surface area contributed by atoms with Gasteiger partial charge in [-0.05, 0) is 93.0 Å². The van der Waals surface area contributed by atoms with Gasteiger partial charge in [-0.2, -0.15) is 0 Å². The van der Waals surface area contributed by atoms with E-state index in [-0.39, 0.29) is 0 Å². The van der Waals surface area contributed by atoms with Gasteiger partial charge in [0.15, 0.2) is 0 Å². The third-order valence-electron chi connectivity index (χ3n) is 12.1. The van der Waals surface area contributed by atoms with Crippen LogP contribution in [0.5, 0.6) is 23.0 Å². The quantitative estimate of drug-likeness (QED) is 0.144. The monoisotopic (exact) mass is 868 g/mol. The van der Waals surface area contributed by atoms with Gasteiger partial charge < -0.3 is 9.47 Å². The summed E-state index contributed by atoms with van der Waals surface area (Å²) in [5.41, 5.74) is 9.93. The molecule has 10 heteroatoms. The first-order valence-electron chi connectivity index (χ1n) is 22.6. The molecule has 0 N–H and O–H groups in total. The Labute approximate surface area is 384 Å². The lowest BCUT2D eigenvalue weighted by Crippen LogP contribution is -2.31. The van der Waals surface area contributed by atoms with Crippen LogP contribution in [0.1, 0.15) is 44.5 Å². The molecule has 6 aromatic carbocycles. The molecular formula is C56H52N8O2+4. The number of ether oxygens (including phenoxy) is 2. The highest BCUT2D eigenvalue weighted by atomic mass is 16.5. The van der Waals surface area contributed by atoms with E-state index >= 15 is 0 Å². The number of rotatable bonds is 0. The van der Waals surface area contributed by atoms with E-state index in [0.717, 1.165) is 75.4 Å². The Bertz CT molecular complexity index is 2730. The molecule has 0 aliphatic carbocycles. The number of aromatic nitrogens is 8. The summed E-state index contributed by atoms with van der Waals surface area (Å²) in [6, 6.07) is 51.4. The summed E-state index contributed by atoms with van der Waals surface area (Å²) in [5.74, 6) is 3.29. The molecule has 20 bridgehead atoms. The van der Waals surface area contributed by atoms with E-state index < -0.39 is 0 Å². The van der Waals surface area contributed by atoms with Crippen molar-refractivity contribution in [1.82, 2.24) is 18.3 Å². The molecule has 4 aromatic heterocycles. The van der Waals surface area contributed by atoms with E-state index in [1.54, 1.807) is 0 Å². The Kier molecular flexibility index (Phi) is 11.3. The minimum Gasteiger partial charge on any atom is -0.457 e. The van der Waals surface area contributed by atoms with E-state index in [4.69, 9.17) is 9.47 Å². The van der Waals surface area contributed by atoms with Crippen molar-refractivity contribution >= 4 is 0 Å². The Hall–Kier alpha value is -8.24. The van der Waals surface area contributed by atoms with Gasteiger partial charge in [0.05, 0.1) is 0 Å². The topological polar surface area (TPSA) is 53.7 Å². The molecule has 0 saturated heterocycles. The lowest BCUT2D eigenvalue weighted by molar-refractivity contribution is -0.688. The first-order chi connectivity index (χ1) is 32.5. The first-order valence-corrected chi connectivity index (χ1v) is 22.6. The van der Waals surface area contributed by atoms with Gasteiger partial charge in [-0.1, -0.05) is 97.1 Å². The van der Waals surface area contributed by atoms with Crippen LogP contribution in [0, 0.1) is 0 Å². The average molecular weight is 869 g/mol. The molecule has 0 spiro atoms. The van der Waals surface area contributed by atoms with Crippen LogP contribution in [0.2, 0.25) is 0 Å². The smallest absolute Gasteiger partial charge is 0.244 e. The predicted octanol–water partition coefficient (Wildman–Crippen LogP) is 8.33. The molecule has 324 valence electrons. The van der Waals surface area contributed by atoms with Gasteiger partial charge >= 0.3 is 0 Å². The summed E-state index contributed by atoms with van der Waals surface area (Å²) in [6.07, 6.45) is 25.8. The summed E-state index contributed by atoms with van der Waals surface area (Å²) in [4.78, 5) is 0. The second-order valence-electron chi connectivity index (χ2n) is 17.4. The van der Waals surface area contributed by atoms with Crippen molar-refractivity contribution in [2.24, 2.45) is 0 Å². The molecular weight excluding hydrogens is 817 g/mol. The zero-order valence-electron chi connectivity index (χ0n) is 36.8. The fourth-order valence-corrected chi connectivity index (χ4v) is 8.61. The Morgan fingerprint density at radius 1 is 0.258 bits per heavy atom. The van der Waals surface area contributed by atoms with Crippen molar-refractivity contribution in [3.8, 4) is 23.0 Å². The minimum atomic E-state index is 0.785. The summed E-state index contributed by atoms with van der Waals surface area (Å²) < 4.78 is 30.3. The fraction of sp³-hybridized carbons (Fsp3) is 0.143. The van der Waals surface area contributed by atoms with Gasteiger partial charge in [-0.3, -0.25) is 0 Å². The van der Waals surface area contributed by atoms with Crippen LogP contribution in [0.25, 0.3) is 0 Å². The van der Waals surface area contributed by atoms with Crippen LogP contribution in [-0.2, 0) is 52.4 Å². The Morgan fingerprint density at radius 2 is 0.455 bits per heavy atom. The molecule has 0 amide bonds. The third kappa shape index (κ3) is 10.2. The lowest BCUT2D eigenvalue weighted by atomic mass is 10.1. The van der Waals surface area contributed by atoms with E-state index in [0.29, 0.717) is 0 Å². The fourth-order valence-electron chi connectivity index (χ4n) is 8.61. The lowest BCUT2D eigenvalue weighted by Gasteiger charge is -2.07. The van der Waals surface area contributed by atoms with Gasteiger partial charge in [-0.25, -0.2) is 36.5 Å². The van der Waals surface area contributed by atoms with Crippen LogP contribution in [-0.4, -0.2) is 18.3 Å². The van der Waals surface area contributed by atoms with Crippen molar-refractivity contribution in [2.45, 2.75) is 52.4 Å². The van der Waals surface area contributed by atoms with Gasteiger partial charge in [0.2, 0.25) is 25.3 Å².